The van der Waals surface area contributed by atoms with Crippen LogP contribution < -0.4 is 4.74 Å². The smallest absolute Gasteiger partial charge is 0.280 e. The van der Waals surface area contributed by atoms with Gasteiger partial charge in [0, 0.05) is 31.9 Å². The Morgan fingerprint density at radius 2 is 2.14 bits per heavy atom. The monoisotopic (exact) mass is 293 g/mol. The van der Waals surface area contributed by atoms with Crippen molar-refractivity contribution in [3.63, 3.8) is 0 Å². The normalized spacial score (nSPS) is 15.7. The molecule has 0 saturated heterocycles. The van der Waals surface area contributed by atoms with Crippen LogP contribution in [0.5, 0.6) is 5.75 Å². The minimum Gasteiger partial charge on any atom is -0.496 e. The number of rotatable bonds is 5. The van der Waals surface area contributed by atoms with Crippen LogP contribution in [0.2, 0.25) is 0 Å². The summed E-state index contributed by atoms with van der Waals surface area (Å²) in [6.45, 7) is 3.51. The average molecular weight is 293 g/mol. The van der Waals surface area contributed by atoms with Crippen LogP contribution in [-0.2, 0) is 15.9 Å². The lowest BCUT2D eigenvalue weighted by Gasteiger charge is -2.18. The summed E-state index contributed by atoms with van der Waals surface area (Å²) in [7, 11) is 1.43. The first-order chi connectivity index (χ1) is 9.86. The van der Waals surface area contributed by atoms with Gasteiger partial charge in [-0.2, -0.15) is 0 Å². The number of carbonyl (C=O) groups is 1. The van der Waals surface area contributed by atoms with Gasteiger partial charge in [-0.05, 0) is 6.07 Å². The van der Waals surface area contributed by atoms with Crippen molar-refractivity contribution in [2.24, 2.45) is 0 Å². The van der Waals surface area contributed by atoms with Gasteiger partial charge in [-0.15, -0.1) is 0 Å². The molecular weight excluding hydrogens is 278 g/mol. The Labute approximate surface area is 121 Å². The molecule has 0 N–H and O–H groups in total. The Hall–Kier alpha value is -2.57. The maximum absolute atomic E-state index is 11.0. The quantitative estimate of drug-likeness (QED) is 0.471. The van der Waals surface area contributed by atoms with Crippen LogP contribution in [0.3, 0.4) is 0 Å². The summed E-state index contributed by atoms with van der Waals surface area (Å²) in [6.07, 6.45) is 2.17. The third-order valence-corrected chi connectivity index (χ3v) is 2.97. The second kappa shape index (κ2) is 5.43. The zero-order valence-electron chi connectivity index (χ0n) is 11.9. The van der Waals surface area contributed by atoms with E-state index in [1.54, 1.807) is 13.8 Å². The summed E-state index contributed by atoms with van der Waals surface area (Å²) in [5, 5.41) is 11.0. The zero-order chi connectivity index (χ0) is 15.6. The van der Waals surface area contributed by atoms with Crippen molar-refractivity contribution in [1.29, 1.82) is 0 Å². The predicted molar refractivity (Wildman–Crippen MR) is 73.1 cm³/mol. The molecule has 21 heavy (non-hydrogen) atoms. The maximum Gasteiger partial charge on any atom is 0.280 e. The van der Waals surface area contributed by atoms with Gasteiger partial charge in [-0.1, -0.05) is 0 Å². The highest BCUT2D eigenvalue weighted by Gasteiger charge is 2.29. The van der Waals surface area contributed by atoms with Crippen LogP contribution in [0.1, 0.15) is 29.8 Å². The molecule has 0 fully saturated rings. The zero-order valence-corrected chi connectivity index (χ0v) is 11.9. The largest absolute Gasteiger partial charge is 0.496 e. The van der Waals surface area contributed by atoms with Gasteiger partial charge >= 0.3 is 0 Å². The number of methoxy groups -OCH3 is 1. The van der Waals surface area contributed by atoms with Crippen LogP contribution >= 0.6 is 0 Å². The molecule has 0 atom stereocenters. The molecule has 0 radical (unpaired) electrons. The van der Waals surface area contributed by atoms with Gasteiger partial charge in [0.05, 0.1) is 17.6 Å². The van der Waals surface area contributed by atoms with Gasteiger partial charge in [-0.3, -0.25) is 14.9 Å². The number of allylic oxidation sites excluding steroid dienone is 1. The van der Waals surface area contributed by atoms with Crippen LogP contribution in [0.4, 0.5) is 5.69 Å². The van der Waals surface area contributed by atoms with Crippen molar-refractivity contribution >= 4 is 12.0 Å². The van der Waals surface area contributed by atoms with Crippen molar-refractivity contribution in [1.82, 2.24) is 0 Å². The molecule has 1 aromatic rings. The summed E-state index contributed by atoms with van der Waals surface area (Å²) < 4.78 is 16.0. The molecule has 0 amide bonds. The van der Waals surface area contributed by atoms with Crippen LogP contribution in [-0.4, -0.2) is 24.1 Å². The molecule has 0 bridgehead atoms. The van der Waals surface area contributed by atoms with Gasteiger partial charge in [0.15, 0.2) is 6.29 Å². The van der Waals surface area contributed by atoms with E-state index in [2.05, 4.69) is 0 Å². The molecule has 0 unspecified atom stereocenters. The van der Waals surface area contributed by atoms with Crippen molar-refractivity contribution in [3.8, 4) is 5.75 Å². The number of hydrogen-bond acceptors (Lipinski definition) is 6. The summed E-state index contributed by atoms with van der Waals surface area (Å²) >= 11 is 0. The SMILES string of the molecule is COc1cc(C=O)c([N+](=O)[O-])cc1CC1=COC(C)(C)O1. The number of aldehydes is 1. The molecule has 1 aromatic carbocycles. The summed E-state index contributed by atoms with van der Waals surface area (Å²) in [5.41, 5.74) is 0.250. The van der Waals surface area contributed by atoms with Gasteiger partial charge in [0.25, 0.3) is 5.69 Å². The van der Waals surface area contributed by atoms with Crippen molar-refractivity contribution in [2.75, 3.05) is 7.11 Å². The number of nitro groups is 1. The number of ether oxygens (including phenoxy) is 3. The Kier molecular flexibility index (Phi) is 3.84. The third-order valence-electron chi connectivity index (χ3n) is 2.97. The highest BCUT2D eigenvalue weighted by molar-refractivity contribution is 5.82. The number of benzene rings is 1. The number of hydrogen-bond donors (Lipinski definition) is 0. The molecule has 112 valence electrons. The lowest BCUT2D eigenvalue weighted by atomic mass is 10.0. The summed E-state index contributed by atoms with van der Waals surface area (Å²) in [5.74, 6) is 0.167. The van der Waals surface area contributed by atoms with Gasteiger partial charge in [-0.25, -0.2) is 0 Å². The Morgan fingerprint density at radius 1 is 1.43 bits per heavy atom. The second-order valence-electron chi connectivity index (χ2n) is 4.98. The van der Waals surface area contributed by atoms with Crippen LogP contribution in [0, 0.1) is 10.1 Å². The van der Waals surface area contributed by atoms with E-state index < -0.39 is 10.7 Å². The molecule has 1 aliphatic rings. The summed E-state index contributed by atoms with van der Waals surface area (Å²) in [6, 6.07) is 2.67. The number of nitro benzene ring substituents is 1. The fourth-order valence-electron chi connectivity index (χ4n) is 2.04. The molecule has 1 aliphatic heterocycles. The van der Waals surface area contributed by atoms with E-state index in [9.17, 15) is 14.9 Å². The third kappa shape index (κ3) is 3.13. The molecule has 0 saturated carbocycles. The Bertz CT molecular complexity index is 620. The maximum atomic E-state index is 11.0. The van der Waals surface area contributed by atoms with E-state index in [4.69, 9.17) is 14.2 Å². The summed E-state index contributed by atoms with van der Waals surface area (Å²) in [4.78, 5) is 21.3. The molecule has 7 heteroatoms. The van der Waals surface area contributed by atoms with Crippen LogP contribution in [0.15, 0.2) is 24.2 Å². The highest BCUT2D eigenvalue weighted by atomic mass is 16.7. The minimum atomic E-state index is -0.753. The van der Waals surface area contributed by atoms with E-state index in [-0.39, 0.29) is 17.7 Å². The standard InChI is InChI=1S/C14H15NO6/c1-14(2)20-8-11(21-14)4-9-5-12(15(17)18)10(7-16)6-13(9)19-3/h5-8H,4H2,1-3H3. The van der Waals surface area contributed by atoms with Gasteiger partial charge < -0.3 is 14.2 Å². The molecule has 0 spiro atoms. The van der Waals surface area contributed by atoms with Gasteiger partial charge in [0.1, 0.15) is 17.8 Å². The van der Waals surface area contributed by atoms with Crippen molar-refractivity contribution < 1.29 is 23.9 Å². The van der Waals surface area contributed by atoms with E-state index >= 15 is 0 Å². The van der Waals surface area contributed by atoms with E-state index in [1.165, 1.54) is 25.5 Å². The Morgan fingerprint density at radius 3 is 2.62 bits per heavy atom. The first-order valence-corrected chi connectivity index (χ1v) is 6.22. The first-order valence-electron chi connectivity index (χ1n) is 6.22. The molecular formula is C14H15NO6. The topological polar surface area (TPSA) is 87.9 Å². The van der Waals surface area contributed by atoms with E-state index in [0.717, 1.165) is 0 Å². The fraction of sp³-hybridized carbons (Fsp3) is 0.357. The van der Waals surface area contributed by atoms with E-state index in [0.29, 0.717) is 23.4 Å². The van der Waals surface area contributed by atoms with Crippen molar-refractivity contribution in [2.45, 2.75) is 26.1 Å². The molecule has 0 aromatic heterocycles. The number of nitrogens with zero attached hydrogens (tertiary/aromatic N) is 1. The number of carbonyl (C=O) groups excluding carboxylic acids is 1. The molecule has 2 rings (SSSR count). The van der Waals surface area contributed by atoms with Gasteiger partial charge in [0.2, 0.25) is 5.79 Å². The molecule has 7 nitrogen and oxygen atoms in total. The average Bonchev–Trinajstić information content (AvgIpc) is 2.77. The minimum absolute atomic E-state index is 0.0292. The van der Waals surface area contributed by atoms with E-state index in [1.807, 2.05) is 0 Å². The highest BCUT2D eigenvalue weighted by Crippen LogP contribution is 2.33. The fourth-order valence-corrected chi connectivity index (χ4v) is 2.04. The Balaban J connectivity index is 2.36. The van der Waals surface area contributed by atoms with Crippen molar-refractivity contribution in [3.05, 3.63) is 45.4 Å². The molecule has 0 aliphatic carbocycles. The predicted octanol–water partition coefficient (Wildman–Crippen LogP) is 2.58. The lowest BCUT2D eigenvalue weighted by Crippen LogP contribution is -2.20. The molecule has 1 heterocycles. The second-order valence-corrected chi connectivity index (χ2v) is 4.98. The van der Waals surface area contributed by atoms with Crippen LogP contribution in [0.25, 0.3) is 0 Å². The first kappa shape index (κ1) is 14.8. The lowest BCUT2D eigenvalue weighted by molar-refractivity contribution is -0.385.